The van der Waals surface area contributed by atoms with Crippen molar-refractivity contribution in [3.63, 3.8) is 0 Å². The maximum atomic E-state index is 13.4. The van der Waals surface area contributed by atoms with Crippen LogP contribution in [0.4, 0.5) is 5.69 Å². The number of aryl methyl sites for hydroxylation is 2. The minimum Gasteiger partial charge on any atom is -0.369 e. The molecular weight excluding hydrogens is 436 g/mol. The quantitative estimate of drug-likeness (QED) is 0.569. The molecule has 0 amide bonds. The van der Waals surface area contributed by atoms with Gasteiger partial charge in [0.1, 0.15) is 0 Å². The van der Waals surface area contributed by atoms with E-state index in [9.17, 15) is 8.42 Å². The summed E-state index contributed by atoms with van der Waals surface area (Å²) in [6.45, 7) is 6.55. The molecule has 4 nitrogen and oxygen atoms in total. The Labute approximate surface area is 175 Å². The summed E-state index contributed by atoms with van der Waals surface area (Å²) >= 11 is 3.52. The zero-order valence-corrected chi connectivity index (χ0v) is 18.4. The second-order valence-corrected chi connectivity index (χ2v) is 10.0. The lowest BCUT2D eigenvalue weighted by atomic mass is 10.1. The highest BCUT2D eigenvalue weighted by Crippen LogP contribution is 2.32. The van der Waals surface area contributed by atoms with Crippen molar-refractivity contribution in [2.45, 2.75) is 18.7 Å². The van der Waals surface area contributed by atoms with E-state index >= 15 is 0 Å². The average Bonchev–Trinajstić information content (AvgIpc) is 2.68. The zero-order chi connectivity index (χ0) is 19.9. The minimum absolute atomic E-state index is 0.381. The SMILES string of the molecule is Cc1ccc(N2CCN(S(=O)(=O)c3ccc(Br)c4ccccc34)CC2)c(C)c1. The fraction of sp³-hybridized carbons (Fsp3) is 0.273. The van der Waals surface area contributed by atoms with Crippen molar-refractivity contribution in [2.75, 3.05) is 31.1 Å². The van der Waals surface area contributed by atoms with Gasteiger partial charge >= 0.3 is 0 Å². The van der Waals surface area contributed by atoms with Crippen molar-refractivity contribution in [3.8, 4) is 0 Å². The van der Waals surface area contributed by atoms with Gasteiger partial charge in [-0.05, 0) is 43.0 Å². The van der Waals surface area contributed by atoms with Gasteiger partial charge in [0.2, 0.25) is 10.0 Å². The highest BCUT2D eigenvalue weighted by molar-refractivity contribution is 9.10. The van der Waals surface area contributed by atoms with E-state index in [0.29, 0.717) is 31.1 Å². The topological polar surface area (TPSA) is 40.6 Å². The summed E-state index contributed by atoms with van der Waals surface area (Å²) < 4.78 is 29.2. The first-order valence-corrected chi connectivity index (χ1v) is 11.6. The summed E-state index contributed by atoms with van der Waals surface area (Å²) in [6, 6.07) is 17.6. The van der Waals surface area contributed by atoms with Gasteiger partial charge in [-0.3, -0.25) is 0 Å². The average molecular weight is 459 g/mol. The molecule has 0 atom stereocenters. The van der Waals surface area contributed by atoms with Gasteiger partial charge in [0.05, 0.1) is 4.90 Å². The molecule has 0 radical (unpaired) electrons. The van der Waals surface area contributed by atoms with Crippen LogP contribution in [0.25, 0.3) is 10.8 Å². The van der Waals surface area contributed by atoms with Crippen LogP contribution in [-0.4, -0.2) is 38.9 Å². The van der Waals surface area contributed by atoms with Gasteiger partial charge < -0.3 is 4.90 Å². The number of halogens is 1. The van der Waals surface area contributed by atoms with Crippen LogP contribution in [0.5, 0.6) is 0 Å². The Morgan fingerprint density at radius 1 is 0.857 bits per heavy atom. The molecule has 1 fully saturated rings. The molecular formula is C22H23BrN2O2S. The number of sulfonamides is 1. The largest absolute Gasteiger partial charge is 0.369 e. The van der Waals surface area contributed by atoms with Gasteiger partial charge in [-0.2, -0.15) is 4.31 Å². The van der Waals surface area contributed by atoms with Crippen LogP contribution in [0.15, 0.2) is 64.0 Å². The third-order valence-electron chi connectivity index (χ3n) is 5.38. The predicted octanol–water partition coefficient (Wildman–Crippen LogP) is 4.73. The van der Waals surface area contributed by atoms with E-state index in [-0.39, 0.29) is 0 Å². The number of hydrogen-bond acceptors (Lipinski definition) is 3. The van der Waals surface area contributed by atoms with Crippen LogP contribution >= 0.6 is 15.9 Å². The first-order valence-electron chi connectivity index (χ1n) is 9.37. The Morgan fingerprint density at radius 2 is 1.54 bits per heavy atom. The number of rotatable bonds is 3. The molecule has 3 aromatic rings. The van der Waals surface area contributed by atoms with Crippen molar-refractivity contribution in [2.24, 2.45) is 0 Å². The van der Waals surface area contributed by atoms with Gasteiger partial charge in [0.15, 0.2) is 0 Å². The van der Waals surface area contributed by atoms with Gasteiger partial charge in [-0.25, -0.2) is 8.42 Å². The molecule has 4 rings (SSSR count). The molecule has 1 saturated heterocycles. The summed E-state index contributed by atoms with van der Waals surface area (Å²) in [5.74, 6) is 0. The monoisotopic (exact) mass is 458 g/mol. The highest BCUT2D eigenvalue weighted by atomic mass is 79.9. The molecule has 3 aromatic carbocycles. The maximum Gasteiger partial charge on any atom is 0.243 e. The molecule has 1 aliphatic heterocycles. The van der Waals surface area contributed by atoms with E-state index in [1.165, 1.54) is 16.8 Å². The number of benzene rings is 3. The van der Waals surface area contributed by atoms with Gasteiger partial charge in [0.25, 0.3) is 0 Å². The van der Waals surface area contributed by atoms with Gasteiger partial charge in [0, 0.05) is 41.7 Å². The van der Waals surface area contributed by atoms with Crippen LogP contribution in [0.2, 0.25) is 0 Å². The second-order valence-electron chi connectivity index (χ2n) is 7.27. The number of piperazine rings is 1. The van der Waals surface area contributed by atoms with E-state index in [4.69, 9.17) is 0 Å². The fourth-order valence-electron chi connectivity index (χ4n) is 3.93. The van der Waals surface area contributed by atoms with Gasteiger partial charge in [-0.1, -0.05) is 57.9 Å². The molecule has 0 bridgehead atoms. The van der Waals surface area contributed by atoms with E-state index in [0.717, 1.165) is 15.2 Å². The summed E-state index contributed by atoms with van der Waals surface area (Å²) in [7, 11) is -3.54. The molecule has 0 aliphatic carbocycles. The van der Waals surface area contributed by atoms with Crippen LogP contribution in [0.1, 0.15) is 11.1 Å². The lowest BCUT2D eigenvalue weighted by molar-refractivity contribution is 0.385. The van der Waals surface area contributed by atoms with Crippen molar-refractivity contribution < 1.29 is 8.42 Å². The summed E-state index contributed by atoms with van der Waals surface area (Å²) in [4.78, 5) is 2.66. The van der Waals surface area contributed by atoms with Crippen LogP contribution in [-0.2, 0) is 10.0 Å². The molecule has 6 heteroatoms. The first-order chi connectivity index (χ1) is 13.4. The standard InChI is InChI=1S/C22H23BrN2O2S/c1-16-7-9-21(17(2)15-16)24-11-13-25(14-12-24)28(26,27)22-10-8-20(23)18-5-3-4-6-19(18)22/h3-10,15H,11-14H2,1-2H3. The second kappa shape index (κ2) is 7.50. The maximum absolute atomic E-state index is 13.4. The molecule has 1 heterocycles. The van der Waals surface area contributed by atoms with Crippen LogP contribution in [0.3, 0.4) is 0 Å². The molecule has 146 valence electrons. The number of hydrogen-bond donors (Lipinski definition) is 0. The Bertz CT molecular complexity index is 1140. The van der Waals surface area contributed by atoms with E-state index in [2.05, 4.69) is 52.9 Å². The van der Waals surface area contributed by atoms with E-state index in [1.54, 1.807) is 10.4 Å². The van der Waals surface area contributed by atoms with Crippen molar-refractivity contribution >= 4 is 42.4 Å². The summed E-state index contributed by atoms with van der Waals surface area (Å²) in [5.41, 5.74) is 3.66. The normalized spacial score (nSPS) is 15.9. The Hall–Kier alpha value is -1.89. The molecule has 0 saturated carbocycles. The lowest BCUT2D eigenvalue weighted by Crippen LogP contribution is -2.48. The zero-order valence-electron chi connectivity index (χ0n) is 16.0. The smallest absolute Gasteiger partial charge is 0.243 e. The number of anilines is 1. The third-order valence-corrected chi connectivity index (χ3v) is 8.03. The van der Waals surface area contributed by atoms with Crippen molar-refractivity contribution in [1.29, 1.82) is 0 Å². The molecule has 0 N–H and O–H groups in total. The van der Waals surface area contributed by atoms with Crippen LogP contribution in [0, 0.1) is 13.8 Å². The minimum atomic E-state index is -3.54. The molecule has 1 aliphatic rings. The molecule has 28 heavy (non-hydrogen) atoms. The highest BCUT2D eigenvalue weighted by Gasteiger charge is 2.30. The predicted molar refractivity (Wildman–Crippen MR) is 119 cm³/mol. The van der Waals surface area contributed by atoms with Crippen molar-refractivity contribution in [1.82, 2.24) is 4.31 Å². The molecule has 0 spiro atoms. The lowest BCUT2D eigenvalue weighted by Gasteiger charge is -2.36. The Kier molecular flexibility index (Phi) is 5.21. The summed E-state index contributed by atoms with van der Waals surface area (Å²) in [6.07, 6.45) is 0. The van der Waals surface area contributed by atoms with Crippen LogP contribution < -0.4 is 4.90 Å². The van der Waals surface area contributed by atoms with Crippen molar-refractivity contribution in [3.05, 3.63) is 70.2 Å². The number of fused-ring (bicyclic) bond motifs is 1. The summed E-state index contributed by atoms with van der Waals surface area (Å²) in [5, 5.41) is 1.67. The Balaban J connectivity index is 1.60. The van der Waals surface area contributed by atoms with E-state index in [1.807, 2.05) is 30.3 Å². The Morgan fingerprint density at radius 3 is 2.21 bits per heavy atom. The van der Waals surface area contributed by atoms with Gasteiger partial charge in [-0.15, -0.1) is 0 Å². The third kappa shape index (κ3) is 3.45. The molecule has 0 unspecified atom stereocenters. The first kappa shape index (κ1) is 19.4. The number of nitrogens with zero attached hydrogens (tertiary/aromatic N) is 2. The van der Waals surface area contributed by atoms with E-state index < -0.39 is 10.0 Å². The fourth-order valence-corrected chi connectivity index (χ4v) is 6.02. The molecule has 0 aromatic heterocycles.